The lowest BCUT2D eigenvalue weighted by Gasteiger charge is -2.28. The van der Waals surface area contributed by atoms with Gasteiger partial charge in [-0.3, -0.25) is 0 Å². The maximum Gasteiger partial charge on any atom is 0.151 e. The first kappa shape index (κ1) is 22.1. The molecule has 0 spiro atoms. The van der Waals surface area contributed by atoms with Crippen LogP contribution in [0.25, 0.3) is 0 Å². The van der Waals surface area contributed by atoms with Crippen molar-refractivity contribution in [1.82, 2.24) is 0 Å². The van der Waals surface area contributed by atoms with Gasteiger partial charge in [0.25, 0.3) is 0 Å². The van der Waals surface area contributed by atoms with Crippen LogP contribution in [-0.4, -0.2) is 15.3 Å². The summed E-state index contributed by atoms with van der Waals surface area (Å²) in [5.41, 5.74) is 5.31. The number of nitrogens with zero attached hydrogens (tertiary/aromatic N) is 1. The van der Waals surface area contributed by atoms with Crippen LogP contribution in [0, 0.1) is 27.7 Å². The molecular weight excluding hydrogens is 414 g/mol. The zero-order valence-electron chi connectivity index (χ0n) is 19.1. The second-order valence-electron chi connectivity index (χ2n) is 8.18. The van der Waals surface area contributed by atoms with Crippen molar-refractivity contribution in [2.75, 3.05) is 4.90 Å². The SMILES string of the molecule is Cc1ccc(N(c2ccc(C)c(O)c2)c2ccccc2Oc2ccc(O)c(C)c2C)cc1O. The molecular formula is C28H27NO4. The molecule has 33 heavy (non-hydrogen) atoms. The van der Waals surface area contributed by atoms with E-state index >= 15 is 0 Å². The van der Waals surface area contributed by atoms with E-state index in [0.717, 1.165) is 39.3 Å². The molecule has 0 heterocycles. The van der Waals surface area contributed by atoms with Crippen molar-refractivity contribution in [3.05, 3.63) is 95.1 Å². The largest absolute Gasteiger partial charge is 0.508 e. The van der Waals surface area contributed by atoms with E-state index in [0.29, 0.717) is 11.5 Å². The summed E-state index contributed by atoms with van der Waals surface area (Å²) in [6.07, 6.45) is 0. The highest BCUT2D eigenvalue weighted by Crippen LogP contribution is 2.44. The molecule has 5 nitrogen and oxygen atoms in total. The van der Waals surface area contributed by atoms with E-state index in [-0.39, 0.29) is 17.2 Å². The Hall–Kier alpha value is -4.12. The molecule has 4 aromatic carbocycles. The van der Waals surface area contributed by atoms with E-state index in [2.05, 4.69) is 0 Å². The smallest absolute Gasteiger partial charge is 0.151 e. The minimum Gasteiger partial charge on any atom is -0.508 e. The molecule has 0 aliphatic carbocycles. The predicted octanol–water partition coefficient (Wildman–Crippen LogP) is 7.30. The molecule has 0 saturated heterocycles. The van der Waals surface area contributed by atoms with Crippen molar-refractivity contribution in [2.24, 2.45) is 0 Å². The number of rotatable bonds is 5. The molecule has 5 heteroatoms. The number of phenolic OH excluding ortho intramolecular Hbond substituents is 3. The number of anilines is 3. The zero-order valence-corrected chi connectivity index (χ0v) is 19.1. The van der Waals surface area contributed by atoms with Crippen molar-refractivity contribution in [3.63, 3.8) is 0 Å². The topological polar surface area (TPSA) is 73.2 Å². The van der Waals surface area contributed by atoms with E-state index < -0.39 is 0 Å². The van der Waals surface area contributed by atoms with Crippen LogP contribution in [-0.2, 0) is 0 Å². The van der Waals surface area contributed by atoms with Crippen LogP contribution in [0.3, 0.4) is 0 Å². The summed E-state index contributed by atoms with van der Waals surface area (Å²) >= 11 is 0. The van der Waals surface area contributed by atoms with Gasteiger partial charge in [-0.05, 0) is 86.3 Å². The molecule has 0 amide bonds. The molecule has 0 bridgehead atoms. The number of ether oxygens (including phenoxy) is 1. The zero-order chi connectivity index (χ0) is 23.7. The molecule has 0 aliphatic heterocycles. The number of hydrogen-bond acceptors (Lipinski definition) is 5. The molecule has 0 fully saturated rings. The maximum atomic E-state index is 10.4. The third kappa shape index (κ3) is 4.30. The van der Waals surface area contributed by atoms with Crippen molar-refractivity contribution < 1.29 is 20.1 Å². The Kier molecular flexibility index (Phi) is 5.88. The Balaban J connectivity index is 1.89. The Morgan fingerprint density at radius 1 is 0.576 bits per heavy atom. The van der Waals surface area contributed by atoms with E-state index in [4.69, 9.17) is 4.74 Å². The quantitative estimate of drug-likeness (QED) is 0.303. The van der Waals surface area contributed by atoms with Crippen molar-refractivity contribution in [2.45, 2.75) is 27.7 Å². The Morgan fingerprint density at radius 2 is 1.15 bits per heavy atom. The van der Waals surface area contributed by atoms with E-state index in [1.54, 1.807) is 24.3 Å². The van der Waals surface area contributed by atoms with Gasteiger partial charge in [-0.25, -0.2) is 0 Å². The highest BCUT2D eigenvalue weighted by Gasteiger charge is 2.20. The molecule has 0 aliphatic rings. The van der Waals surface area contributed by atoms with Crippen LogP contribution in [0.5, 0.6) is 28.7 Å². The van der Waals surface area contributed by atoms with Gasteiger partial charge in [0.2, 0.25) is 0 Å². The van der Waals surface area contributed by atoms with Crippen molar-refractivity contribution in [3.8, 4) is 28.7 Å². The fraction of sp³-hybridized carbons (Fsp3) is 0.143. The summed E-state index contributed by atoms with van der Waals surface area (Å²) in [6.45, 7) is 7.43. The van der Waals surface area contributed by atoms with Crippen molar-refractivity contribution >= 4 is 17.1 Å². The summed E-state index contributed by atoms with van der Waals surface area (Å²) in [5.74, 6) is 1.80. The number of aryl methyl sites for hydroxylation is 2. The minimum atomic E-state index is 0.178. The van der Waals surface area contributed by atoms with Gasteiger partial charge in [-0.2, -0.15) is 0 Å². The first-order valence-electron chi connectivity index (χ1n) is 10.7. The van der Waals surface area contributed by atoms with Crippen LogP contribution in [0.15, 0.2) is 72.8 Å². The minimum absolute atomic E-state index is 0.178. The van der Waals surface area contributed by atoms with Gasteiger partial charge in [-0.15, -0.1) is 0 Å². The van der Waals surface area contributed by atoms with Crippen LogP contribution >= 0.6 is 0 Å². The lowest BCUT2D eigenvalue weighted by atomic mass is 10.1. The monoisotopic (exact) mass is 441 g/mol. The van der Waals surface area contributed by atoms with E-state index in [1.807, 2.05) is 81.1 Å². The van der Waals surface area contributed by atoms with Crippen LogP contribution < -0.4 is 9.64 Å². The molecule has 0 saturated carbocycles. The summed E-state index contributed by atoms with van der Waals surface area (Å²) in [7, 11) is 0. The second kappa shape index (κ2) is 8.79. The van der Waals surface area contributed by atoms with Gasteiger partial charge < -0.3 is 25.0 Å². The predicted molar refractivity (Wildman–Crippen MR) is 132 cm³/mol. The first-order chi connectivity index (χ1) is 15.8. The summed E-state index contributed by atoms with van der Waals surface area (Å²) in [4.78, 5) is 1.93. The molecule has 3 N–H and O–H groups in total. The average Bonchev–Trinajstić information content (AvgIpc) is 2.80. The van der Waals surface area contributed by atoms with Gasteiger partial charge in [0.1, 0.15) is 23.0 Å². The molecule has 168 valence electrons. The maximum absolute atomic E-state index is 10.4. The lowest BCUT2D eigenvalue weighted by Crippen LogP contribution is -2.11. The highest BCUT2D eigenvalue weighted by atomic mass is 16.5. The van der Waals surface area contributed by atoms with Gasteiger partial charge in [0.05, 0.1) is 5.69 Å². The third-order valence-electron chi connectivity index (χ3n) is 5.94. The Morgan fingerprint density at radius 3 is 1.73 bits per heavy atom. The van der Waals surface area contributed by atoms with Gasteiger partial charge >= 0.3 is 0 Å². The average molecular weight is 442 g/mol. The highest BCUT2D eigenvalue weighted by molar-refractivity contribution is 5.81. The number of para-hydroxylation sites is 2. The molecule has 0 aromatic heterocycles. The third-order valence-corrected chi connectivity index (χ3v) is 5.94. The normalized spacial score (nSPS) is 10.8. The number of aromatic hydroxyl groups is 3. The lowest BCUT2D eigenvalue weighted by molar-refractivity contribution is 0.458. The summed E-state index contributed by atoms with van der Waals surface area (Å²) < 4.78 is 6.33. The van der Waals surface area contributed by atoms with Crippen LogP contribution in [0.2, 0.25) is 0 Å². The van der Waals surface area contributed by atoms with Gasteiger partial charge in [0, 0.05) is 23.5 Å². The van der Waals surface area contributed by atoms with Crippen LogP contribution in [0.1, 0.15) is 22.3 Å². The van der Waals surface area contributed by atoms with Gasteiger partial charge in [-0.1, -0.05) is 24.3 Å². The Bertz CT molecular complexity index is 1280. The molecule has 4 rings (SSSR count). The first-order valence-corrected chi connectivity index (χ1v) is 10.7. The second-order valence-corrected chi connectivity index (χ2v) is 8.18. The summed E-state index contributed by atoms with van der Waals surface area (Å²) in [6, 6.07) is 21.9. The fourth-order valence-electron chi connectivity index (χ4n) is 3.64. The number of benzene rings is 4. The van der Waals surface area contributed by atoms with E-state index in [1.165, 1.54) is 0 Å². The molecule has 0 radical (unpaired) electrons. The summed E-state index contributed by atoms with van der Waals surface area (Å²) in [5, 5.41) is 30.8. The molecule has 4 aromatic rings. The van der Waals surface area contributed by atoms with Crippen molar-refractivity contribution in [1.29, 1.82) is 0 Å². The Labute approximate surface area is 193 Å². The standard InChI is InChI=1S/C28H27NO4/c1-17-9-11-21(15-25(17)31)29(22-12-10-18(2)26(32)16-22)23-7-5-6-8-28(23)33-27-14-13-24(30)19(3)20(27)4/h5-16,30-32H,1-4H3. The van der Waals surface area contributed by atoms with E-state index in [9.17, 15) is 15.3 Å². The molecule has 0 atom stereocenters. The van der Waals surface area contributed by atoms with Gasteiger partial charge in [0.15, 0.2) is 5.75 Å². The van der Waals surface area contributed by atoms with Crippen LogP contribution in [0.4, 0.5) is 17.1 Å². The fourth-order valence-corrected chi connectivity index (χ4v) is 3.64. The number of phenols is 3. The molecule has 0 unspecified atom stereocenters. The number of hydrogen-bond donors (Lipinski definition) is 3.